The highest BCUT2D eigenvalue weighted by molar-refractivity contribution is 5.76. The lowest BCUT2D eigenvalue weighted by atomic mass is 10.1. The van der Waals surface area contributed by atoms with Gasteiger partial charge >= 0.3 is 5.97 Å². The fourth-order valence-electron chi connectivity index (χ4n) is 3.47. The molecule has 0 aliphatic heterocycles. The molecule has 150 valence electrons. The first kappa shape index (κ1) is 22.7. The van der Waals surface area contributed by atoms with Crippen molar-refractivity contribution >= 4 is 11.9 Å². The van der Waals surface area contributed by atoms with Gasteiger partial charge in [-0.1, -0.05) is 64.0 Å². The van der Waals surface area contributed by atoms with Crippen LogP contribution in [-0.4, -0.2) is 23.5 Å². The highest BCUT2D eigenvalue weighted by Crippen LogP contribution is 2.45. The van der Waals surface area contributed by atoms with E-state index in [-0.39, 0.29) is 18.9 Å². The number of rotatable bonds is 17. The lowest BCUT2D eigenvalue weighted by Crippen LogP contribution is -2.25. The van der Waals surface area contributed by atoms with E-state index in [0.29, 0.717) is 6.42 Å². The highest BCUT2D eigenvalue weighted by Gasteiger charge is 2.34. The molecule has 0 radical (unpaired) electrons. The van der Waals surface area contributed by atoms with Crippen LogP contribution in [0.15, 0.2) is 12.2 Å². The van der Waals surface area contributed by atoms with Crippen molar-refractivity contribution in [2.24, 2.45) is 11.8 Å². The average molecular weight is 366 g/mol. The molecule has 1 saturated carbocycles. The Kier molecular flexibility index (Phi) is 12.9. The van der Waals surface area contributed by atoms with Crippen LogP contribution in [0.2, 0.25) is 0 Å². The van der Waals surface area contributed by atoms with Crippen molar-refractivity contribution in [3.63, 3.8) is 0 Å². The molecule has 0 aromatic rings. The van der Waals surface area contributed by atoms with Crippen molar-refractivity contribution in [1.29, 1.82) is 0 Å². The van der Waals surface area contributed by atoms with Crippen LogP contribution >= 0.6 is 0 Å². The summed E-state index contributed by atoms with van der Waals surface area (Å²) in [5.74, 6) is 1.10. The van der Waals surface area contributed by atoms with E-state index >= 15 is 0 Å². The summed E-state index contributed by atoms with van der Waals surface area (Å²) in [4.78, 5) is 21.8. The molecule has 0 aromatic heterocycles. The number of amides is 1. The number of carbonyl (C=O) groups excluding carboxylic acids is 1. The molecule has 2 N–H and O–H groups in total. The molecule has 1 amide bonds. The fraction of sp³-hybridized carbons (Fsp3) is 0.818. The number of aliphatic carboxylic acids is 1. The zero-order chi connectivity index (χ0) is 19.0. The van der Waals surface area contributed by atoms with Gasteiger partial charge in [0.15, 0.2) is 0 Å². The van der Waals surface area contributed by atoms with Gasteiger partial charge in [-0.25, -0.2) is 0 Å². The summed E-state index contributed by atoms with van der Waals surface area (Å²) in [7, 11) is 0. The van der Waals surface area contributed by atoms with E-state index in [4.69, 9.17) is 5.11 Å². The molecule has 1 fully saturated rings. The van der Waals surface area contributed by atoms with E-state index < -0.39 is 5.97 Å². The van der Waals surface area contributed by atoms with Gasteiger partial charge < -0.3 is 10.4 Å². The van der Waals surface area contributed by atoms with Crippen molar-refractivity contribution in [2.45, 2.75) is 96.8 Å². The molecule has 2 atom stereocenters. The monoisotopic (exact) mass is 365 g/mol. The first-order valence-electron chi connectivity index (χ1n) is 10.8. The van der Waals surface area contributed by atoms with Crippen LogP contribution in [0.25, 0.3) is 0 Å². The van der Waals surface area contributed by atoms with Gasteiger partial charge in [0.1, 0.15) is 0 Å². The predicted molar refractivity (Wildman–Crippen MR) is 107 cm³/mol. The second-order valence-corrected chi connectivity index (χ2v) is 7.76. The molecule has 4 nitrogen and oxygen atoms in total. The highest BCUT2D eigenvalue weighted by atomic mass is 16.4. The van der Waals surface area contributed by atoms with Gasteiger partial charge in [0.05, 0.1) is 6.42 Å². The minimum atomic E-state index is -0.872. The van der Waals surface area contributed by atoms with Crippen molar-refractivity contribution in [3.8, 4) is 0 Å². The van der Waals surface area contributed by atoms with Gasteiger partial charge in [-0.15, -0.1) is 0 Å². The Morgan fingerprint density at radius 3 is 2.50 bits per heavy atom. The molecule has 26 heavy (non-hydrogen) atoms. The van der Waals surface area contributed by atoms with E-state index in [2.05, 4.69) is 24.4 Å². The topological polar surface area (TPSA) is 66.4 Å². The van der Waals surface area contributed by atoms with E-state index in [1.807, 2.05) is 0 Å². The van der Waals surface area contributed by atoms with Crippen molar-refractivity contribution < 1.29 is 14.7 Å². The number of unbranched alkanes of at least 4 members (excludes halogenated alkanes) is 7. The third-order valence-corrected chi connectivity index (χ3v) is 5.29. The Labute approximate surface area is 159 Å². The Morgan fingerprint density at radius 1 is 0.962 bits per heavy atom. The maximum Gasteiger partial charge on any atom is 0.305 e. The molecular formula is C22H39NO3. The van der Waals surface area contributed by atoms with Crippen molar-refractivity contribution in [2.75, 3.05) is 6.54 Å². The standard InChI is InChI=1S/C22H39NO3/c1-2-3-10-13-19-18-20(19)14-11-8-6-4-5-7-9-12-15-21(24)23-17-16-22(25)26/h8,11,19-20H,2-7,9-10,12-18H2,1H3,(H,23,24)(H,25,26)/b11-8-. The zero-order valence-corrected chi connectivity index (χ0v) is 16.7. The molecule has 1 aliphatic rings. The lowest BCUT2D eigenvalue weighted by Gasteiger charge is -2.03. The van der Waals surface area contributed by atoms with Gasteiger partial charge in [-0.2, -0.15) is 0 Å². The van der Waals surface area contributed by atoms with E-state index in [1.54, 1.807) is 0 Å². The van der Waals surface area contributed by atoms with Crippen LogP contribution in [0.3, 0.4) is 0 Å². The first-order chi connectivity index (χ1) is 12.6. The number of carboxylic acids is 1. The van der Waals surface area contributed by atoms with Gasteiger partial charge in [0.2, 0.25) is 5.91 Å². The molecular weight excluding hydrogens is 326 g/mol. The normalized spacial score (nSPS) is 19.0. The van der Waals surface area contributed by atoms with E-state index in [9.17, 15) is 9.59 Å². The van der Waals surface area contributed by atoms with Gasteiger partial charge in [-0.3, -0.25) is 9.59 Å². The van der Waals surface area contributed by atoms with Crippen LogP contribution in [0.4, 0.5) is 0 Å². The zero-order valence-electron chi connectivity index (χ0n) is 16.7. The predicted octanol–water partition coefficient (Wildman–Crippen LogP) is 5.47. The SMILES string of the molecule is CCCCCC1CC1C/C=C\CCCCCCCC(=O)NCCC(=O)O. The summed E-state index contributed by atoms with van der Waals surface area (Å²) in [5.41, 5.74) is 0. The van der Waals surface area contributed by atoms with Crippen LogP contribution in [0, 0.1) is 11.8 Å². The maximum atomic E-state index is 11.5. The minimum absolute atomic E-state index is 0.000478. The third-order valence-electron chi connectivity index (χ3n) is 5.29. The Bertz CT molecular complexity index is 420. The van der Waals surface area contributed by atoms with Gasteiger partial charge in [0, 0.05) is 13.0 Å². The Hall–Kier alpha value is -1.32. The van der Waals surface area contributed by atoms with E-state index in [1.165, 1.54) is 64.2 Å². The second kappa shape index (κ2) is 14.8. The molecule has 1 rings (SSSR count). The lowest BCUT2D eigenvalue weighted by molar-refractivity contribution is -0.136. The number of carboxylic acid groups (broad SMARTS) is 1. The summed E-state index contributed by atoms with van der Waals surface area (Å²) in [6.45, 7) is 2.51. The average Bonchev–Trinajstić information content (AvgIpc) is 3.34. The molecule has 0 heterocycles. The second-order valence-electron chi connectivity index (χ2n) is 7.76. The molecule has 2 unspecified atom stereocenters. The Balaban J connectivity index is 1.81. The van der Waals surface area contributed by atoms with Crippen LogP contribution in [0.1, 0.15) is 96.8 Å². The van der Waals surface area contributed by atoms with Crippen LogP contribution in [-0.2, 0) is 9.59 Å². The number of carbonyl (C=O) groups is 2. The summed E-state index contributed by atoms with van der Waals surface area (Å²) in [6, 6.07) is 0. The maximum absolute atomic E-state index is 11.5. The fourth-order valence-corrected chi connectivity index (χ4v) is 3.47. The van der Waals surface area contributed by atoms with Crippen molar-refractivity contribution in [1.82, 2.24) is 5.32 Å². The van der Waals surface area contributed by atoms with Gasteiger partial charge in [0.25, 0.3) is 0 Å². The molecule has 0 aromatic carbocycles. The minimum Gasteiger partial charge on any atom is -0.481 e. The molecule has 0 spiro atoms. The van der Waals surface area contributed by atoms with Crippen LogP contribution in [0.5, 0.6) is 0 Å². The third kappa shape index (κ3) is 13.0. The van der Waals surface area contributed by atoms with Crippen molar-refractivity contribution in [3.05, 3.63) is 12.2 Å². The number of nitrogens with one attached hydrogen (secondary N) is 1. The first-order valence-corrected chi connectivity index (χ1v) is 10.8. The Morgan fingerprint density at radius 2 is 1.73 bits per heavy atom. The summed E-state index contributed by atoms with van der Waals surface area (Å²) >= 11 is 0. The summed E-state index contributed by atoms with van der Waals surface area (Å²) in [5, 5.41) is 11.1. The number of hydrogen-bond acceptors (Lipinski definition) is 2. The number of hydrogen-bond donors (Lipinski definition) is 2. The summed E-state index contributed by atoms with van der Waals surface area (Å²) in [6.07, 6.45) is 20.4. The quantitative estimate of drug-likeness (QED) is 0.265. The van der Waals surface area contributed by atoms with Gasteiger partial charge in [-0.05, 0) is 43.9 Å². The molecule has 0 bridgehead atoms. The number of allylic oxidation sites excluding steroid dienone is 2. The largest absolute Gasteiger partial charge is 0.481 e. The smallest absolute Gasteiger partial charge is 0.305 e. The van der Waals surface area contributed by atoms with Crippen LogP contribution < -0.4 is 5.32 Å². The van der Waals surface area contributed by atoms with E-state index in [0.717, 1.165) is 24.7 Å². The molecule has 4 heteroatoms. The summed E-state index contributed by atoms with van der Waals surface area (Å²) < 4.78 is 0. The molecule has 1 aliphatic carbocycles. The molecule has 0 saturated heterocycles.